The van der Waals surface area contributed by atoms with E-state index in [2.05, 4.69) is 36.3 Å². The third-order valence-corrected chi connectivity index (χ3v) is 5.24. The number of aryl methyl sites for hydroxylation is 1. The number of nitrogens with zero attached hydrogens (tertiary/aromatic N) is 6. The fraction of sp³-hybridized carbons (Fsp3) is 0.292. The number of hydrogen-bond acceptors (Lipinski definition) is 7. The van der Waals surface area contributed by atoms with E-state index in [4.69, 9.17) is 9.26 Å². The van der Waals surface area contributed by atoms with E-state index in [9.17, 15) is 4.79 Å². The minimum Gasteiger partial charge on any atom is -0.444 e. The minimum atomic E-state index is -0.497. The van der Waals surface area contributed by atoms with E-state index < -0.39 is 11.7 Å². The molecule has 0 unspecified atom stereocenters. The number of nitrogens with one attached hydrogen (secondary N) is 1. The molecule has 5 rings (SSSR count). The van der Waals surface area contributed by atoms with E-state index in [1.165, 1.54) is 0 Å². The van der Waals surface area contributed by atoms with E-state index in [0.29, 0.717) is 18.3 Å². The van der Waals surface area contributed by atoms with E-state index in [-0.39, 0.29) is 0 Å². The number of benzene rings is 1. The monoisotopic (exact) mass is 459 g/mol. The van der Waals surface area contributed by atoms with Crippen molar-refractivity contribution in [1.29, 1.82) is 0 Å². The van der Waals surface area contributed by atoms with Crippen LogP contribution in [0.25, 0.3) is 39.4 Å². The van der Waals surface area contributed by atoms with Crippen molar-refractivity contribution in [2.45, 2.75) is 39.3 Å². The van der Waals surface area contributed by atoms with Gasteiger partial charge in [0, 0.05) is 47.5 Å². The summed E-state index contributed by atoms with van der Waals surface area (Å²) in [6.07, 6.45) is 5.93. The molecule has 0 aliphatic rings. The molecule has 34 heavy (non-hydrogen) atoms. The summed E-state index contributed by atoms with van der Waals surface area (Å²) in [5, 5.41) is 15.9. The number of rotatable bonds is 6. The highest BCUT2D eigenvalue weighted by molar-refractivity contribution is 5.84. The molecule has 0 spiro atoms. The van der Waals surface area contributed by atoms with Crippen molar-refractivity contribution in [2.75, 3.05) is 6.54 Å². The number of alkyl carbamates (subject to hydrolysis) is 1. The van der Waals surface area contributed by atoms with Gasteiger partial charge < -0.3 is 19.1 Å². The minimum absolute atomic E-state index is 0.393. The lowest BCUT2D eigenvalue weighted by atomic mass is 10.1. The van der Waals surface area contributed by atoms with Crippen LogP contribution >= 0.6 is 0 Å². The first kappa shape index (κ1) is 21.6. The summed E-state index contributed by atoms with van der Waals surface area (Å²) in [6.45, 7) is 6.85. The maximum Gasteiger partial charge on any atom is 0.407 e. The van der Waals surface area contributed by atoms with Gasteiger partial charge in [-0.3, -0.25) is 4.40 Å². The van der Waals surface area contributed by atoms with Crippen LogP contribution < -0.4 is 5.32 Å². The summed E-state index contributed by atoms with van der Waals surface area (Å²) in [5.74, 6) is 0.954. The van der Waals surface area contributed by atoms with Gasteiger partial charge in [-0.2, -0.15) is 4.98 Å². The average Bonchev–Trinajstić information content (AvgIpc) is 3.54. The maximum atomic E-state index is 11.8. The molecule has 4 heterocycles. The molecule has 0 aliphatic heterocycles. The fourth-order valence-corrected chi connectivity index (χ4v) is 3.70. The number of carbonyl (C=O) groups excluding carboxylic acids is 1. The van der Waals surface area contributed by atoms with E-state index in [1.54, 1.807) is 6.33 Å². The molecule has 4 aromatic heterocycles. The van der Waals surface area contributed by atoms with Crippen molar-refractivity contribution in [2.24, 2.45) is 0 Å². The van der Waals surface area contributed by atoms with Gasteiger partial charge in [-0.05, 0) is 63.6 Å². The second-order valence-electron chi connectivity index (χ2n) is 9.00. The zero-order chi connectivity index (χ0) is 23.7. The first-order valence-electron chi connectivity index (χ1n) is 11.1. The largest absolute Gasteiger partial charge is 0.444 e. The summed E-state index contributed by atoms with van der Waals surface area (Å²) in [6, 6.07) is 11.8. The van der Waals surface area contributed by atoms with Gasteiger partial charge in [-0.1, -0.05) is 5.16 Å². The third-order valence-electron chi connectivity index (χ3n) is 5.24. The van der Waals surface area contributed by atoms with E-state index in [1.807, 2.05) is 67.9 Å². The number of carbonyl (C=O) groups is 1. The highest BCUT2D eigenvalue weighted by Gasteiger charge is 2.16. The van der Waals surface area contributed by atoms with Crippen molar-refractivity contribution < 1.29 is 14.1 Å². The predicted molar refractivity (Wildman–Crippen MR) is 126 cm³/mol. The summed E-state index contributed by atoms with van der Waals surface area (Å²) in [4.78, 5) is 16.3. The average molecular weight is 460 g/mol. The van der Waals surface area contributed by atoms with Crippen molar-refractivity contribution in [1.82, 2.24) is 34.6 Å². The summed E-state index contributed by atoms with van der Waals surface area (Å²) < 4.78 is 14.8. The second-order valence-corrected chi connectivity index (χ2v) is 9.00. The Morgan fingerprint density at radius 1 is 1.15 bits per heavy atom. The van der Waals surface area contributed by atoms with Crippen molar-refractivity contribution in [3.05, 3.63) is 55.1 Å². The molecule has 10 heteroatoms. The second kappa shape index (κ2) is 8.62. The summed E-state index contributed by atoms with van der Waals surface area (Å²) in [5.41, 5.74) is 3.01. The molecule has 5 aromatic rings. The lowest BCUT2D eigenvalue weighted by molar-refractivity contribution is 0.0526. The van der Waals surface area contributed by atoms with Crippen molar-refractivity contribution in [3.63, 3.8) is 0 Å². The van der Waals surface area contributed by atoms with Crippen molar-refractivity contribution >= 4 is 22.6 Å². The van der Waals surface area contributed by atoms with Crippen LogP contribution in [0.5, 0.6) is 0 Å². The number of ether oxygens (including phenoxy) is 1. The number of fused-ring (bicyclic) bond motifs is 2. The third kappa shape index (κ3) is 4.61. The Morgan fingerprint density at radius 3 is 2.85 bits per heavy atom. The van der Waals surface area contributed by atoms with Crippen LogP contribution in [0, 0.1) is 0 Å². The molecule has 1 N–H and O–H groups in total. The Labute approximate surface area is 195 Å². The normalized spacial score (nSPS) is 11.9. The lowest BCUT2D eigenvalue weighted by Crippen LogP contribution is -2.33. The Kier molecular flexibility index (Phi) is 5.48. The number of pyridine rings is 1. The molecule has 0 bridgehead atoms. The Morgan fingerprint density at radius 2 is 2.00 bits per heavy atom. The number of hydrogen-bond donors (Lipinski definition) is 1. The van der Waals surface area contributed by atoms with Gasteiger partial charge in [-0.15, -0.1) is 10.2 Å². The molecule has 0 saturated heterocycles. The first-order chi connectivity index (χ1) is 16.4. The number of amides is 1. The molecule has 0 atom stereocenters. The molecule has 1 aromatic carbocycles. The van der Waals surface area contributed by atoms with Crippen LogP contribution in [0.2, 0.25) is 0 Å². The van der Waals surface area contributed by atoms with Crippen LogP contribution in [-0.4, -0.2) is 47.5 Å². The topological polar surface area (TPSA) is 112 Å². The van der Waals surface area contributed by atoms with Gasteiger partial charge in [0.25, 0.3) is 5.89 Å². The first-order valence-corrected chi connectivity index (χ1v) is 11.1. The summed E-state index contributed by atoms with van der Waals surface area (Å²) in [7, 11) is 0. The lowest BCUT2D eigenvalue weighted by Gasteiger charge is -2.19. The van der Waals surface area contributed by atoms with Gasteiger partial charge in [0.1, 0.15) is 11.9 Å². The molecule has 174 valence electrons. The van der Waals surface area contributed by atoms with Gasteiger partial charge >= 0.3 is 6.09 Å². The molecule has 0 aliphatic carbocycles. The highest BCUT2D eigenvalue weighted by Crippen LogP contribution is 2.26. The molecule has 10 nitrogen and oxygen atoms in total. The molecule has 0 fully saturated rings. The van der Waals surface area contributed by atoms with Crippen LogP contribution in [0.15, 0.2) is 59.6 Å². The Hall–Kier alpha value is -4.21. The highest BCUT2D eigenvalue weighted by atomic mass is 16.6. The Balaban J connectivity index is 1.25. The number of aromatic nitrogens is 6. The van der Waals surface area contributed by atoms with Crippen LogP contribution in [-0.2, 0) is 11.3 Å². The molecule has 0 radical (unpaired) electrons. The maximum absolute atomic E-state index is 11.8. The molecule has 1 amide bonds. The van der Waals surface area contributed by atoms with Gasteiger partial charge in [-0.25, -0.2) is 4.79 Å². The quantitative estimate of drug-likeness (QED) is 0.376. The smallest absolute Gasteiger partial charge is 0.407 e. The van der Waals surface area contributed by atoms with Gasteiger partial charge in [0.15, 0.2) is 5.65 Å². The Bertz CT molecular complexity index is 1460. The zero-order valence-corrected chi connectivity index (χ0v) is 19.2. The van der Waals surface area contributed by atoms with Gasteiger partial charge in [0.05, 0.1) is 0 Å². The fourth-order valence-electron chi connectivity index (χ4n) is 3.70. The molecule has 0 saturated carbocycles. The standard InChI is InChI=1S/C24H25N7O3/c1-24(2,3)33-23(32)25-10-4-11-30-12-9-16-13-17(5-7-19(16)30)22-27-21(29-34-22)18-6-8-20-28-26-15-31(20)14-18/h5-9,12-15H,4,10-11H2,1-3H3,(H,25,32). The van der Waals surface area contributed by atoms with Crippen LogP contribution in [0.3, 0.4) is 0 Å². The van der Waals surface area contributed by atoms with Crippen molar-refractivity contribution in [3.8, 4) is 22.8 Å². The molecular formula is C24H25N7O3. The SMILES string of the molecule is CC(C)(C)OC(=O)NCCCn1ccc2cc(-c3nc(-c4ccc5nncn5c4)no3)ccc21. The van der Waals surface area contributed by atoms with E-state index >= 15 is 0 Å². The van der Waals surface area contributed by atoms with Crippen LogP contribution in [0.1, 0.15) is 27.2 Å². The molecular weight excluding hydrogens is 434 g/mol. The van der Waals surface area contributed by atoms with Crippen LogP contribution in [0.4, 0.5) is 4.79 Å². The predicted octanol–water partition coefficient (Wildman–Crippen LogP) is 4.32. The summed E-state index contributed by atoms with van der Waals surface area (Å²) >= 11 is 0. The zero-order valence-electron chi connectivity index (χ0n) is 19.2. The van der Waals surface area contributed by atoms with Gasteiger partial charge in [0.2, 0.25) is 5.82 Å². The van der Waals surface area contributed by atoms with E-state index in [0.717, 1.165) is 40.6 Å².